The fourth-order valence-corrected chi connectivity index (χ4v) is 7.70. The predicted octanol–water partition coefficient (Wildman–Crippen LogP) is 4.54. The van der Waals surface area contributed by atoms with Crippen molar-refractivity contribution in [2.24, 2.45) is 5.10 Å². The van der Waals surface area contributed by atoms with Crippen LogP contribution in [0.15, 0.2) is 53.6 Å². The molecular formula is C28H34N6O3S. The molecule has 0 saturated carbocycles. The Bertz CT molecular complexity index is 1440. The van der Waals surface area contributed by atoms with Gasteiger partial charge in [-0.05, 0) is 69.5 Å². The maximum Gasteiger partial charge on any atom is 0.337 e. The van der Waals surface area contributed by atoms with E-state index in [2.05, 4.69) is 51.7 Å². The van der Waals surface area contributed by atoms with E-state index in [1.165, 1.54) is 5.01 Å². The molecule has 3 aromatic rings. The van der Waals surface area contributed by atoms with E-state index in [4.69, 9.17) is 5.10 Å². The number of anilines is 1. The fourth-order valence-electron chi connectivity index (χ4n) is 5.82. The Labute approximate surface area is 224 Å². The first kappa shape index (κ1) is 25.0. The molecule has 2 amide bonds. The van der Waals surface area contributed by atoms with Crippen molar-refractivity contribution in [1.82, 2.24) is 20.1 Å². The summed E-state index contributed by atoms with van der Waals surface area (Å²) in [5.41, 5.74) is 7.74. The van der Waals surface area contributed by atoms with Crippen LogP contribution >= 0.6 is 10.6 Å². The first-order chi connectivity index (χ1) is 18.1. The maximum absolute atomic E-state index is 12.8. The third-order valence-electron chi connectivity index (χ3n) is 8.16. The first-order valence-electron chi connectivity index (χ1n) is 13.0. The van der Waals surface area contributed by atoms with Crippen molar-refractivity contribution in [3.63, 3.8) is 0 Å². The zero-order valence-electron chi connectivity index (χ0n) is 22.2. The lowest BCUT2D eigenvalue weighted by atomic mass is 9.92. The molecule has 3 N–H and O–H groups in total. The van der Waals surface area contributed by atoms with Crippen molar-refractivity contribution in [2.75, 3.05) is 30.8 Å². The highest BCUT2D eigenvalue weighted by Gasteiger charge is 2.59. The van der Waals surface area contributed by atoms with Gasteiger partial charge in [-0.2, -0.15) is 20.8 Å². The smallest absolute Gasteiger partial charge is 0.337 e. The molecule has 6 rings (SSSR count). The number of carbonyl (C=O) groups excluding carboxylic acids is 1. The number of nitrogens with zero attached hydrogens (tertiary/aromatic N) is 5. The largest absolute Gasteiger partial charge is 0.367 e. The first-order valence-corrected chi connectivity index (χ1v) is 14.7. The molecule has 1 spiro atoms. The Morgan fingerprint density at radius 3 is 2.37 bits per heavy atom. The highest BCUT2D eigenvalue weighted by Crippen LogP contribution is 2.67. The van der Waals surface area contributed by atoms with E-state index >= 15 is 0 Å². The second-order valence-electron chi connectivity index (χ2n) is 10.8. The molecule has 0 radical (unpaired) electrons. The standard InChI is InChI=1S/C28H34N6O3S/c1-18-13-19(2)33(30-18)24-10-7-22-14-20(3)34(27(35)29-4)31-26(25(22)15-24)21-5-8-23(9-6-21)32-16-28(17-32)11-12-38(28,36)37/h5-10,13,15,20,36-37H,11-12,14,16-17H2,1-4H3,(H,29,35). The summed E-state index contributed by atoms with van der Waals surface area (Å²) >= 11 is 0. The number of aromatic nitrogens is 2. The fraction of sp³-hybridized carbons (Fsp3) is 0.393. The average molecular weight is 535 g/mol. The number of benzene rings is 2. The average Bonchev–Trinajstić information content (AvgIpc) is 3.13. The van der Waals surface area contributed by atoms with E-state index in [0.717, 1.165) is 51.6 Å². The molecule has 3 aliphatic heterocycles. The maximum atomic E-state index is 12.8. The van der Waals surface area contributed by atoms with Crippen LogP contribution in [0.4, 0.5) is 10.5 Å². The van der Waals surface area contributed by atoms with E-state index in [0.29, 0.717) is 25.3 Å². The van der Waals surface area contributed by atoms with Gasteiger partial charge in [-0.1, -0.05) is 18.2 Å². The number of nitrogens with one attached hydrogen (secondary N) is 1. The Morgan fingerprint density at radius 1 is 1.08 bits per heavy atom. The van der Waals surface area contributed by atoms with Crippen molar-refractivity contribution in [2.45, 2.75) is 44.4 Å². The topological polar surface area (TPSA) is 106 Å². The van der Waals surface area contributed by atoms with Crippen molar-refractivity contribution in [3.8, 4) is 5.69 Å². The van der Waals surface area contributed by atoms with Crippen LogP contribution in [0, 0.1) is 13.8 Å². The number of urea groups is 1. The van der Waals surface area contributed by atoms with Gasteiger partial charge in [0.05, 0.1) is 27.9 Å². The third kappa shape index (κ3) is 3.90. The number of rotatable bonds is 3. The van der Waals surface area contributed by atoms with Crippen LogP contribution in [-0.2, 0) is 6.42 Å². The van der Waals surface area contributed by atoms with Crippen LogP contribution < -0.4 is 10.2 Å². The minimum Gasteiger partial charge on any atom is -0.367 e. The second-order valence-corrected chi connectivity index (χ2v) is 13.4. The molecule has 38 heavy (non-hydrogen) atoms. The second kappa shape index (κ2) is 8.86. The van der Waals surface area contributed by atoms with Gasteiger partial charge in [-0.25, -0.2) is 14.5 Å². The summed E-state index contributed by atoms with van der Waals surface area (Å²) in [6, 6.07) is 16.2. The van der Waals surface area contributed by atoms with E-state index in [1.54, 1.807) is 7.05 Å². The Morgan fingerprint density at radius 2 is 1.79 bits per heavy atom. The van der Waals surface area contributed by atoms with Gasteiger partial charge in [0.25, 0.3) is 0 Å². The summed E-state index contributed by atoms with van der Waals surface area (Å²) in [6.45, 7) is 7.38. The van der Waals surface area contributed by atoms with Gasteiger partial charge in [0.2, 0.25) is 0 Å². The Balaban J connectivity index is 1.38. The normalized spacial score (nSPS) is 22.1. The molecule has 2 aromatic carbocycles. The van der Waals surface area contributed by atoms with Gasteiger partial charge in [0, 0.05) is 48.4 Å². The van der Waals surface area contributed by atoms with Crippen LogP contribution in [0.2, 0.25) is 0 Å². The zero-order valence-corrected chi connectivity index (χ0v) is 23.0. The number of hydrogen-bond acceptors (Lipinski definition) is 6. The van der Waals surface area contributed by atoms with Gasteiger partial charge < -0.3 is 10.2 Å². The number of amides is 2. The number of carbonyl (C=O) groups is 1. The molecule has 1 atom stereocenters. The summed E-state index contributed by atoms with van der Waals surface area (Å²) in [4.78, 5) is 15.0. The summed E-state index contributed by atoms with van der Waals surface area (Å²) < 4.78 is 22.2. The van der Waals surface area contributed by atoms with Gasteiger partial charge in [0.1, 0.15) is 0 Å². The third-order valence-corrected chi connectivity index (χ3v) is 10.8. The molecule has 2 saturated heterocycles. The Hall–Kier alpha value is -3.34. The molecule has 200 valence electrons. The van der Waals surface area contributed by atoms with Crippen LogP contribution in [0.1, 0.15) is 41.4 Å². The van der Waals surface area contributed by atoms with Crippen LogP contribution in [0.3, 0.4) is 0 Å². The molecule has 0 aliphatic carbocycles. The lowest BCUT2D eigenvalue weighted by molar-refractivity contribution is 0.184. The zero-order chi connectivity index (χ0) is 26.8. The molecule has 4 heterocycles. The highest BCUT2D eigenvalue weighted by atomic mass is 32.3. The summed E-state index contributed by atoms with van der Waals surface area (Å²) in [5.74, 6) is 0.527. The predicted molar refractivity (Wildman–Crippen MR) is 152 cm³/mol. The highest BCUT2D eigenvalue weighted by molar-refractivity contribution is 8.26. The summed E-state index contributed by atoms with van der Waals surface area (Å²) in [6.07, 6.45) is 1.55. The van der Waals surface area contributed by atoms with E-state index in [9.17, 15) is 13.9 Å². The molecule has 1 aromatic heterocycles. The summed E-state index contributed by atoms with van der Waals surface area (Å²) in [5, 5.41) is 13.8. The Kier molecular flexibility index (Phi) is 5.82. The summed E-state index contributed by atoms with van der Waals surface area (Å²) in [7, 11) is -0.831. The molecule has 0 bridgehead atoms. The number of hydrazone groups is 1. The van der Waals surface area contributed by atoms with Crippen molar-refractivity contribution >= 4 is 28.0 Å². The number of hydrogen-bond donors (Lipinski definition) is 3. The van der Waals surface area contributed by atoms with Gasteiger partial charge in [-0.3, -0.25) is 9.11 Å². The molecular weight excluding hydrogens is 500 g/mol. The van der Waals surface area contributed by atoms with E-state index in [-0.39, 0.29) is 16.8 Å². The minimum absolute atomic E-state index is 0.121. The number of fused-ring (bicyclic) bond motifs is 1. The van der Waals surface area contributed by atoms with E-state index < -0.39 is 10.6 Å². The van der Waals surface area contributed by atoms with Crippen LogP contribution in [0.5, 0.6) is 0 Å². The quantitative estimate of drug-likeness (QED) is 0.458. The molecule has 1 unspecified atom stereocenters. The van der Waals surface area contributed by atoms with Crippen LogP contribution in [-0.4, -0.2) is 72.3 Å². The minimum atomic E-state index is -2.45. The van der Waals surface area contributed by atoms with Crippen molar-refractivity contribution in [1.29, 1.82) is 0 Å². The molecule has 9 nitrogen and oxygen atoms in total. The molecule has 2 fully saturated rings. The monoisotopic (exact) mass is 534 g/mol. The van der Waals surface area contributed by atoms with Crippen molar-refractivity contribution < 1.29 is 13.9 Å². The number of aryl methyl sites for hydroxylation is 2. The van der Waals surface area contributed by atoms with Crippen molar-refractivity contribution in [3.05, 3.63) is 76.6 Å². The van der Waals surface area contributed by atoms with Gasteiger partial charge in [0.15, 0.2) is 0 Å². The van der Waals surface area contributed by atoms with Crippen LogP contribution in [0.25, 0.3) is 5.69 Å². The molecule has 3 aliphatic rings. The SMILES string of the molecule is CNC(=O)N1N=C(c2ccc(N3CC4(CCS4(O)O)C3)cc2)c2cc(-n3nc(C)cc3C)ccc2CC1C. The lowest BCUT2D eigenvalue weighted by Crippen LogP contribution is -2.69. The van der Waals surface area contributed by atoms with E-state index in [1.807, 2.05) is 37.6 Å². The lowest BCUT2D eigenvalue weighted by Gasteiger charge is -2.67. The molecule has 10 heteroatoms. The van der Waals surface area contributed by atoms with Gasteiger partial charge in [-0.15, -0.1) is 0 Å². The van der Waals surface area contributed by atoms with Gasteiger partial charge >= 0.3 is 6.03 Å².